The summed E-state index contributed by atoms with van der Waals surface area (Å²) in [6.45, 7) is 3.78. The molecule has 0 atom stereocenters. The summed E-state index contributed by atoms with van der Waals surface area (Å²) in [7, 11) is 0. The molecule has 4 aromatic rings. The highest BCUT2D eigenvalue weighted by atomic mass is 32.1. The largest absolute Gasteiger partial charge is 0.504 e. The van der Waals surface area contributed by atoms with Crippen LogP contribution in [0.1, 0.15) is 29.5 Å². The van der Waals surface area contributed by atoms with Crippen LogP contribution in [-0.2, 0) is 0 Å². The highest BCUT2D eigenvalue weighted by Crippen LogP contribution is 2.36. The number of hydrogen-bond donors (Lipinski definition) is 2. The fourth-order valence-corrected chi connectivity index (χ4v) is 4.80. The molecule has 1 aliphatic heterocycles. The number of rotatable bonds is 2. The third-order valence-electron chi connectivity index (χ3n) is 4.98. The standard InChI is InChI=1S/C19H18FN5OS/c1-10-9-25-18(22-10)15(26)8-14(24-25)12-6-13(20)17-16(7-12)27-19(23-17)11-2-4-21-5-3-11/h6-9,11,21,26H,2-5H2,1H3. The predicted molar refractivity (Wildman–Crippen MR) is 103 cm³/mol. The fourth-order valence-electron chi connectivity index (χ4n) is 3.61. The molecule has 0 bridgehead atoms. The van der Waals surface area contributed by atoms with E-state index in [0.717, 1.165) is 41.3 Å². The van der Waals surface area contributed by atoms with E-state index < -0.39 is 0 Å². The van der Waals surface area contributed by atoms with Crippen molar-refractivity contribution in [3.05, 3.63) is 40.9 Å². The molecule has 0 aliphatic carbocycles. The number of piperidine rings is 1. The molecule has 6 nitrogen and oxygen atoms in total. The van der Waals surface area contributed by atoms with E-state index in [1.807, 2.05) is 13.0 Å². The van der Waals surface area contributed by atoms with Crippen molar-refractivity contribution in [1.82, 2.24) is 24.9 Å². The maximum Gasteiger partial charge on any atom is 0.196 e. The van der Waals surface area contributed by atoms with Crippen LogP contribution in [0, 0.1) is 12.7 Å². The number of aromatic nitrogens is 4. The number of thiazole rings is 1. The molecule has 5 rings (SSSR count). The van der Waals surface area contributed by atoms with Gasteiger partial charge in [0.25, 0.3) is 0 Å². The number of aryl methyl sites for hydroxylation is 1. The first-order valence-electron chi connectivity index (χ1n) is 8.95. The molecule has 3 aromatic heterocycles. The van der Waals surface area contributed by atoms with E-state index >= 15 is 0 Å². The van der Waals surface area contributed by atoms with Crippen LogP contribution < -0.4 is 5.32 Å². The molecule has 0 saturated carbocycles. The zero-order valence-electron chi connectivity index (χ0n) is 14.7. The number of nitrogens with zero attached hydrogens (tertiary/aromatic N) is 4. The lowest BCUT2D eigenvalue weighted by Crippen LogP contribution is -2.26. The Kier molecular flexibility index (Phi) is 3.84. The lowest BCUT2D eigenvalue weighted by atomic mass is 9.99. The average molecular weight is 383 g/mol. The van der Waals surface area contributed by atoms with Gasteiger partial charge in [0.05, 0.1) is 27.3 Å². The van der Waals surface area contributed by atoms with Crippen LogP contribution >= 0.6 is 11.3 Å². The highest BCUT2D eigenvalue weighted by Gasteiger charge is 2.21. The van der Waals surface area contributed by atoms with E-state index in [0.29, 0.717) is 28.3 Å². The molecule has 8 heteroatoms. The smallest absolute Gasteiger partial charge is 0.196 e. The molecule has 1 aliphatic rings. The Hall–Kier alpha value is -2.58. The van der Waals surface area contributed by atoms with Crippen molar-refractivity contribution >= 4 is 27.2 Å². The minimum atomic E-state index is -0.359. The number of hydrogen-bond acceptors (Lipinski definition) is 6. The van der Waals surface area contributed by atoms with E-state index in [1.165, 1.54) is 16.6 Å². The van der Waals surface area contributed by atoms with Crippen molar-refractivity contribution in [3.63, 3.8) is 0 Å². The summed E-state index contributed by atoms with van der Waals surface area (Å²) in [4.78, 5) is 8.81. The number of nitrogens with one attached hydrogen (secondary N) is 1. The third-order valence-corrected chi connectivity index (χ3v) is 6.14. The molecule has 0 unspecified atom stereocenters. The molecule has 0 amide bonds. The quantitative estimate of drug-likeness (QED) is 0.553. The molecule has 4 heterocycles. The maximum atomic E-state index is 14.8. The van der Waals surface area contributed by atoms with Crippen molar-refractivity contribution in [2.24, 2.45) is 0 Å². The molecule has 138 valence electrons. The Morgan fingerprint density at radius 3 is 2.85 bits per heavy atom. The lowest BCUT2D eigenvalue weighted by molar-refractivity contribution is 0.459. The summed E-state index contributed by atoms with van der Waals surface area (Å²) < 4.78 is 17.1. The van der Waals surface area contributed by atoms with Gasteiger partial charge in [-0.05, 0) is 45.0 Å². The Labute approximate surface area is 158 Å². The van der Waals surface area contributed by atoms with Gasteiger partial charge in [0.1, 0.15) is 5.52 Å². The second kappa shape index (κ2) is 6.24. The van der Waals surface area contributed by atoms with Gasteiger partial charge in [-0.25, -0.2) is 18.9 Å². The second-order valence-corrected chi connectivity index (χ2v) is 8.01. The Morgan fingerprint density at radius 2 is 2.04 bits per heavy atom. The topological polar surface area (TPSA) is 75.3 Å². The Morgan fingerprint density at radius 1 is 1.22 bits per heavy atom. The first kappa shape index (κ1) is 16.6. The zero-order valence-corrected chi connectivity index (χ0v) is 15.6. The SMILES string of the molecule is Cc1cn2nc(-c3cc(F)c4nc(C5CCNCC5)sc4c3)cc(O)c2n1. The summed E-state index contributed by atoms with van der Waals surface area (Å²) in [6.07, 6.45) is 3.79. The van der Waals surface area contributed by atoms with Crippen molar-refractivity contribution in [2.45, 2.75) is 25.7 Å². The molecule has 27 heavy (non-hydrogen) atoms. The van der Waals surface area contributed by atoms with Crippen LogP contribution in [0.15, 0.2) is 24.4 Å². The molecule has 0 radical (unpaired) electrons. The highest BCUT2D eigenvalue weighted by molar-refractivity contribution is 7.18. The van der Waals surface area contributed by atoms with Gasteiger partial charge in [-0.2, -0.15) is 5.10 Å². The molecular formula is C19H18FN5OS. The van der Waals surface area contributed by atoms with E-state index in [2.05, 4.69) is 20.4 Å². The van der Waals surface area contributed by atoms with E-state index in [9.17, 15) is 9.50 Å². The van der Waals surface area contributed by atoms with Gasteiger partial charge in [0.15, 0.2) is 17.2 Å². The molecule has 1 aromatic carbocycles. The van der Waals surface area contributed by atoms with Gasteiger partial charge >= 0.3 is 0 Å². The van der Waals surface area contributed by atoms with Crippen LogP contribution in [-0.4, -0.2) is 37.8 Å². The van der Waals surface area contributed by atoms with Gasteiger partial charge < -0.3 is 10.4 Å². The van der Waals surface area contributed by atoms with Gasteiger partial charge in [-0.3, -0.25) is 0 Å². The molecule has 0 spiro atoms. The van der Waals surface area contributed by atoms with Crippen molar-refractivity contribution in [3.8, 4) is 17.0 Å². The third kappa shape index (κ3) is 2.85. The van der Waals surface area contributed by atoms with Gasteiger partial charge in [0.2, 0.25) is 0 Å². The first-order valence-corrected chi connectivity index (χ1v) is 9.77. The van der Waals surface area contributed by atoms with Crippen LogP contribution in [0.2, 0.25) is 0 Å². The number of aromatic hydroxyl groups is 1. The summed E-state index contributed by atoms with van der Waals surface area (Å²) in [5.41, 5.74) is 2.68. The maximum absolute atomic E-state index is 14.8. The minimum absolute atomic E-state index is 0.0216. The normalized spacial score (nSPS) is 15.8. The number of halogens is 1. The lowest BCUT2D eigenvalue weighted by Gasteiger charge is -2.20. The van der Waals surface area contributed by atoms with Gasteiger partial charge in [0, 0.05) is 17.5 Å². The number of imidazole rings is 1. The van der Waals surface area contributed by atoms with Gasteiger partial charge in [-0.15, -0.1) is 11.3 Å². The summed E-state index contributed by atoms with van der Waals surface area (Å²) in [5.74, 6) is 0.0504. The number of fused-ring (bicyclic) bond motifs is 2. The Balaban J connectivity index is 1.61. The van der Waals surface area contributed by atoms with Crippen molar-refractivity contribution in [1.29, 1.82) is 0 Å². The second-order valence-electron chi connectivity index (χ2n) is 6.95. The van der Waals surface area contributed by atoms with Crippen LogP contribution in [0.25, 0.3) is 27.1 Å². The molecule has 1 fully saturated rings. The van der Waals surface area contributed by atoms with Crippen molar-refractivity contribution in [2.75, 3.05) is 13.1 Å². The summed E-state index contributed by atoms with van der Waals surface area (Å²) >= 11 is 1.55. The van der Waals surface area contributed by atoms with E-state index in [-0.39, 0.29) is 11.6 Å². The molecular weight excluding hydrogens is 365 g/mol. The van der Waals surface area contributed by atoms with Crippen molar-refractivity contribution < 1.29 is 9.50 Å². The van der Waals surface area contributed by atoms with Crippen LogP contribution in [0.5, 0.6) is 5.75 Å². The van der Waals surface area contributed by atoms with E-state index in [4.69, 9.17) is 0 Å². The Bertz CT molecular complexity index is 1160. The van der Waals surface area contributed by atoms with Gasteiger partial charge in [-0.1, -0.05) is 0 Å². The van der Waals surface area contributed by atoms with Crippen LogP contribution in [0.3, 0.4) is 0 Å². The monoisotopic (exact) mass is 383 g/mol. The summed E-state index contributed by atoms with van der Waals surface area (Å²) in [6, 6.07) is 4.86. The minimum Gasteiger partial charge on any atom is -0.504 e. The molecule has 2 N–H and O–H groups in total. The molecule has 1 saturated heterocycles. The number of benzene rings is 1. The first-order chi connectivity index (χ1) is 13.1. The fraction of sp³-hybridized carbons (Fsp3) is 0.316. The summed E-state index contributed by atoms with van der Waals surface area (Å²) in [5, 5.41) is 19.1. The zero-order chi connectivity index (χ0) is 18.5. The van der Waals surface area contributed by atoms with E-state index in [1.54, 1.807) is 17.5 Å². The van der Waals surface area contributed by atoms with Crippen LogP contribution in [0.4, 0.5) is 4.39 Å². The average Bonchev–Trinajstić information content (AvgIpc) is 3.26. The predicted octanol–water partition coefficient (Wildman–Crippen LogP) is 3.63.